The van der Waals surface area contributed by atoms with Crippen LogP contribution in [0, 0.1) is 6.92 Å². The Balaban J connectivity index is 0.00000240. The highest BCUT2D eigenvalue weighted by molar-refractivity contribution is 7.93. The van der Waals surface area contributed by atoms with Crippen LogP contribution in [-0.2, 0) is 10.0 Å². The average Bonchev–Trinajstić information content (AvgIpc) is 2.69. The number of nitrogens with zero attached hydrogens (tertiary/aromatic N) is 2. The van der Waals surface area contributed by atoms with E-state index in [-0.39, 0.29) is 12.4 Å². The molecule has 1 aliphatic heterocycles. The molecule has 1 N–H and O–H groups in total. The predicted octanol–water partition coefficient (Wildman–Crippen LogP) is 4.12. The van der Waals surface area contributed by atoms with Crippen LogP contribution in [0.15, 0.2) is 65.6 Å². The topological polar surface area (TPSA) is 52.7 Å². The number of aryl methyl sites for hydroxylation is 1. The largest absolute Gasteiger partial charge is 0.368 e. The van der Waals surface area contributed by atoms with Crippen molar-refractivity contribution < 1.29 is 8.42 Å². The SMILES string of the molecule is Cc1ccc(NS(=O)(=O)c2ccc(N3CCN(C)CC3)c3ccccc23)cc1.Cl. The first-order valence-corrected chi connectivity index (χ1v) is 11.0. The van der Waals surface area contributed by atoms with Gasteiger partial charge in [-0.1, -0.05) is 42.0 Å². The van der Waals surface area contributed by atoms with Crippen molar-refractivity contribution in [1.29, 1.82) is 0 Å². The van der Waals surface area contributed by atoms with Crippen LogP contribution in [0.5, 0.6) is 0 Å². The van der Waals surface area contributed by atoms with Crippen LogP contribution < -0.4 is 9.62 Å². The number of anilines is 2. The number of benzene rings is 3. The minimum Gasteiger partial charge on any atom is -0.368 e. The predicted molar refractivity (Wildman–Crippen MR) is 123 cm³/mol. The minimum absolute atomic E-state index is 0. The van der Waals surface area contributed by atoms with Crippen LogP contribution in [0.1, 0.15) is 5.56 Å². The second-order valence-electron chi connectivity index (χ2n) is 7.39. The van der Waals surface area contributed by atoms with Gasteiger partial charge >= 0.3 is 0 Å². The molecule has 0 aliphatic carbocycles. The van der Waals surface area contributed by atoms with E-state index in [9.17, 15) is 8.42 Å². The molecule has 0 bridgehead atoms. The van der Waals surface area contributed by atoms with Crippen molar-refractivity contribution in [2.45, 2.75) is 11.8 Å². The van der Waals surface area contributed by atoms with Crippen molar-refractivity contribution >= 4 is 44.6 Å². The Morgan fingerprint density at radius 1 is 0.828 bits per heavy atom. The van der Waals surface area contributed by atoms with Gasteiger partial charge in [-0.3, -0.25) is 4.72 Å². The Morgan fingerprint density at radius 3 is 2.10 bits per heavy atom. The Morgan fingerprint density at radius 2 is 1.45 bits per heavy atom. The van der Waals surface area contributed by atoms with Crippen molar-refractivity contribution in [2.24, 2.45) is 0 Å². The minimum atomic E-state index is -3.69. The lowest BCUT2D eigenvalue weighted by Crippen LogP contribution is -2.44. The molecule has 0 unspecified atom stereocenters. The molecule has 1 aliphatic rings. The molecule has 0 amide bonds. The van der Waals surface area contributed by atoms with Crippen LogP contribution in [0.2, 0.25) is 0 Å². The van der Waals surface area contributed by atoms with Gasteiger partial charge in [0.25, 0.3) is 10.0 Å². The molecule has 1 fully saturated rings. The van der Waals surface area contributed by atoms with E-state index >= 15 is 0 Å². The van der Waals surface area contributed by atoms with E-state index in [0.29, 0.717) is 10.6 Å². The van der Waals surface area contributed by atoms with Crippen molar-refractivity contribution in [3.05, 3.63) is 66.2 Å². The van der Waals surface area contributed by atoms with Gasteiger partial charge in [0.2, 0.25) is 0 Å². The number of sulfonamides is 1. The molecular weight excluding hydrogens is 406 g/mol. The number of likely N-dealkylation sites (N-methyl/N-ethyl adjacent to an activating group) is 1. The van der Waals surface area contributed by atoms with E-state index in [2.05, 4.69) is 21.6 Å². The van der Waals surface area contributed by atoms with Gasteiger partial charge in [0.05, 0.1) is 4.90 Å². The van der Waals surface area contributed by atoms with Gasteiger partial charge in [-0.25, -0.2) is 8.42 Å². The van der Waals surface area contributed by atoms with Gasteiger partial charge < -0.3 is 9.80 Å². The maximum atomic E-state index is 13.1. The molecule has 154 valence electrons. The summed E-state index contributed by atoms with van der Waals surface area (Å²) in [5.41, 5.74) is 2.75. The Kier molecular flexibility index (Phi) is 6.36. The standard InChI is InChI=1S/C22H25N3O2S.ClH/c1-17-7-9-18(10-8-17)23-28(26,27)22-12-11-21(19-5-3-4-6-20(19)22)25-15-13-24(2)14-16-25;/h3-12,23H,13-16H2,1-2H3;1H. The smallest absolute Gasteiger partial charge is 0.262 e. The molecule has 3 aromatic rings. The molecule has 0 radical (unpaired) electrons. The molecule has 0 saturated carbocycles. The summed E-state index contributed by atoms with van der Waals surface area (Å²) in [5.74, 6) is 0. The first kappa shape index (κ1) is 21.4. The zero-order chi connectivity index (χ0) is 19.7. The lowest BCUT2D eigenvalue weighted by Gasteiger charge is -2.34. The highest BCUT2D eigenvalue weighted by Gasteiger charge is 2.22. The normalized spacial score (nSPS) is 15.2. The average molecular weight is 432 g/mol. The summed E-state index contributed by atoms with van der Waals surface area (Å²) < 4.78 is 28.9. The molecule has 7 heteroatoms. The summed E-state index contributed by atoms with van der Waals surface area (Å²) in [4.78, 5) is 4.95. The van der Waals surface area contributed by atoms with Gasteiger partial charge in [0.1, 0.15) is 0 Å². The van der Waals surface area contributed by atoms with Crippen LogP contribution in [-0.4, -0.2) is 46.5 Å². The monoisotopic (exact) mass is 431 g/mol. The fourth-order valence-corrected chi connectivity index (χ4v) is 4.92. The molecule has 5 nitrogen and oxygen atoms in total. The quantitative estimate of drug-likeness (QED) is 0.675. The second-order valence-corrected chi connectivity index (χ2v) is 9.04. The molecule has 0 aromatic heterocycles. The Labute approximate surface area is 178 Å². The van der Waals surface area contributed by atoms with Crippen LogP contribution in [0.25, 0.3) is 10.8 Å². The molecule has 0 atom stereocenters. The molecule has 3 aromatic carbocycles. The number of rotatable bonds is 4. The van der Waals surface area contributed by atoms with Gasteiger partial charge in [-0.15, -0.1) is 12.4 Å². The number of nitrogens with one attached hydrogen (secondary N) is 1. The van der Waals surface area contributed by atoms with Crippen molar-refractivity contribution in [2.75, 3.05) is 42.8 Å². The summed E-state index contributed by atoms with van der Waals surface area (Å²) >= 11 is 0. The van der Waals surface area contributed by atoms with Crippen LogP contribution in [0.3, 0.4) is 0 Å². The zero-order valence-electron chi connectivity index (χ0n) is 16.6. The number of fused-ring (bicyclic) bond motifs is 1. The maximum absolute atomic E-state index is 13.1. The van der Waals surface area contributed by atoms with Gasteiger partial charge in [-0.2, -0.15) is 0 Å². The summed E-state index contributed by atoms with van der Waals surface area (Å²) in [7, 11) is -1.56. The van der Waals surface area contributed by atoms with Gasteiger partial charge in [0.15, 0.2) is 0 Å². The van der Waals surface area contributed by atoms with E-state index in [1.807, 2.05) is 49.4 Å². The zero-order valence-corrected chi connectivity index (χ0v) is 18.3. The van der Waals surface area contributed by atoms with Gasteiger partial charge in [0, 0.05) is 48.3 Å². The van der Waals surface area contributed by atoms with Crippen molar-refractivity contribution in [3.63, 3.8) is 0 Å². The number of piperazine rings is 1. The Hall–Kier alpha value is -2.28. The van der Waals surface area contributed by atoms with E-state index < -0.39 is 10.0 Å². The first-order chi connectivity index (χ1) is 13.4. The summed E-state index contributed by atoms with van der Waals surface area (Å²) in [6.45, 7) is 5.86. The van der Waals surface area contributed by atoms with E-state index in [4.69, 9.17) is 0 Å². The lowest BCUT2D eigenvalue weighted by atomic mass is 10.1. The van der Waals surface area contributed by atoms with Crippen LogP contribution >= 0.6 is 12.4 Å². The first-order valence-electron chi connectivity index (χ1n) is 9.49. The van der Waals surface area contributed by atoms with E-state index in [1.54, 1.807) is 18.2 Å². The fraction of sp³-hybridized carbons (Fsp3) is 0.273. The third kappa shape index (κ3) is 4.50. The third-order valence-electron chi connectivity index (χ3n) is 5.30. The van der Waals surface area contributed by atoms with E-state index in [0.717, 1.165) is 48.2 Å². The molecular formula is C22H26ClN3O2S. The highest BCUT2D eigenvalue weighted by atomic mass is 35.5. The third-order valence-corrected chi connectivity index (χ3v) is 6.74. The summed E-state index contributed by atoms with van der Waals surface area (Å²) in [6, 6.07) is 18.8. The molecule has 4 rings (SSSR count). The maximum Gasteiger partial charge on any atom is 0.262 e. The Bertz CT molecular complexity index is 1090. The fourth-order valence-electron chi connectivity index (χ4n) is 3.64. The summed E-state index contributed by atoms with van der Waals surface area (Å²) in [5, 5.41) is 1.72. The van der Waals surface area contributed by atoms with Crippen molar-refractivity contribution in [1.82, 2.24) is 4.90 Å². The van der Waals surface area contributed by atoms with Crippen LogP contribution in [0.4, 0.5) is 11.4 Å². The molecule has 29 heavy (non-hydrogen) atoms. The lowest BCUT2D eigenvalue weighted by molar-refractivity contribution is 0.313. The molecule has 1 saturated heterocycles. The number of hydrogen-bond donors (Lipinski definition) is 1. The highest BCUT2D eigenvalue weighted by Crippen LogP contribution is 2.33. The molecule has 0 spiro atoms. The number of halogens is 1. The number of hydrogen-bond acceptors (Lipinski definition) is 4. The molecule has 1 heterocycles. The van der Waals surface area contributed by atoms with E-state index in [1.165, 1.54) is 0 Å². The van der Waals surface area contributed by atoms with Crippen molar-refractivity contribution in [3.8, 4) is 0 Å². The summed E-state index contributed by atoms with van der Waals surface area (Å²) in [6.07, 6.45) is 0. The van der Waals surface area contributed by atoms with Gasteiger partial charge in [-0.05, 0) is 38.2 Å². The second kappa shape index (κ2) is 8.61.